The Kier molecular flexibility index (Phi) is 3.34. The molecule has 0 saturated heterocycles. The van der Waals surface area contributed by atoms with Crippen LogP contribution in [0.2, 0.25) is 0 Å². The van der Waals surface area contributed by atoms with Crippen LogP contribution in [0.5, 0.6) is 0 Å². The van der Waals surface area contributed by atoms with Gasteiger partial charge in [0.05, 0.1) is 18.0 Å². The SMILES string of the molecule is N#CCCN(C(=O)c1cccc2ncccc12)C1CC1. The number of pyridine rings is 1. The standard InChI is InChI=1S/C16H15N3O/c17-9-3-11-19(12-7-8-12)16(20)14-4-1-6-15-13(14)5-2-10-18-15/h1-2,4-6,10,12H,3,7-8,11H2. The summed E-state index contributed by atoms with van der Waals surface area (Å²) >= 11 is 0. The Morgan fingerprint density at radius 3 is 2.95 bits per heavy atom. The Morgan fingerprint density at radius 1 is 1.35 bits per heavy atom. The van der Waals surface area contributed by atoms with Gasteiger partial charge in [-0.25, -0.2) is 0 Å². The van der Waals surface area contributed by atoms with E-state index in [0.717, 1.165) is 23.7 Å². The summed E-state index contributed by atoms with van der Waals surface area (Å²) in [4.78, 5) is 18.9. The number of hydrogen-bond donors (Lipinski definition) is 0. The second-order valence-electron chi connectivity index (χ2n) is 5.01. The second kappa shape index (κ2) is 5.30. The third kappa shape index (κ3) is 2.35. The number of fused-ring (bicyclic) bond motifs is 1. The Hall–Kier alpha value is -2.41. The number of carbonyl (C=O) groups excluding carboxylic acids is 1. The van der Waals surface area contributed by atoms with Crippen LogP contribution < -0.4 is 0 Å². The van der Waals surface area contributed by atoms with E-state index < -0.39 is 0 Å². The lowest BCUT2D eigenvalue weighted by Gasteiger charge is -2.21. The smallest absolute Gasteiger partial charge is 0.254 e. The van der Waals surface area contributed by atoms with Crippen molar-refractivity contribution in [2.45, 2.75) is 25.3 Å². The molecule has 0 N–H and O–H groups in total. The molecule has 1 fully saturated rings. The Bertz CT molecular complexity index is 680. The molecule has 1 amide bonds. The van der Waals surface area contributed by atoms with Crippen molar-refractivity contribution in [2.75, 3.05) is 6.54 Å². The van der Waals surface area contributed by atoms with Crippen molar-refractivity contribution in [3.8, 4) is 6.07 Å². The third-order valence-corrected chi connectivity index (χ3v) is 3.59. The number of aromatic nitrogens is 1. The van der Waals surface area contributed by atoms with Gasteiger partial charge in [-0.05, 0) is 31.0 Å². The highest BCUT2D eigenvalue weighted by Crippen LogP contribution is 2.29. The maximum Gasteiger partial charge on any atom is 0.254 e. The number of nitrogens with zero attached hydrogens (tertiary/aromatic N) is 3. The first-order valence-electron chi connectivity index (χ1n) is 6.83. The number of carbonyl (C=O) groups is 1. The first kappa shape index (κ1) is 12.6. The lowest BCUT2D eigenvalue weighted by atomic mass is 10.1. The average Bonchev–Trinajstić information content (AvgIpc) is 3.31. The first-order chi connectivity index (χ1) is 9.81. The van der Waals surface area contributed by atoms with Gasteiger partial charge in [0, 0.05) is 29.7 Å². The van der Waals surface area contributed by atoms with Gasteiger partial charge in [0.2, 0.25) is 0 Å². The first-order valence-corrected chi connectivity index (χ1v) is 6.83. The minimum Gasteiger partial charge on any atom is -0.335 e. The average molecular weight is 265 g/mol. The minimum atomic E-state index is 0.0151. The lowest BCUT2D eigenvalue weighted by Crippen LogP contribution is -2.34. The van der Waals surface area contributed by atoms with Crippen LogP contribution in [0.3, 0.4) is 0 Å². The highest BCUT2D eigenvalue weighted by molar-refractivity contribution is 6.06. The fourth-order valence-electron chi connectivity index (χ4n) is 2.45. The van der Waals surface area contributed by atoms with Crippen LogP contribution in [0, 0.1) is 11.3 Å². The molecule has 0 radical (unpaired) electrons. The zero-order valence-corrected chi connectivity index (χ0v) is 11.1. The van der Waals surface area contributed by atoms with Gasteiger partial charge in [0.25, 0.3) is 5.91 Å². The molecule has 4 heteroatoms. The summed E-state index contributed by atoms with van der Waals surface area (Å²) in [5, 5.41) is 9.62. The summed E-state index contributed by atoms with van der Waals surface area (Å²) in [6.45, 7) is 0.511. The molecule has 4 nitrogen and oxygen atoms in total. The highest BCUT2D eigenvalue weighted by atomic mass is 16.2. The van der Waals surface area contributed by atoms with E-state index in [4.69, 9.17) is 5.26 Å². The van der Waals surface area contributed by atoms with Crippen LogP contribution in [0.1, 0.15) is 29.6 Å². The normalized spacial score (nSPS) is 13.9. The zero-order chi connectivity index (χ0) is 13.9. The molecule has 0 unspecified atom stereocenters. The van der Waals surface area contributed by atoms with E-state index in [-0.39, 0.29) is 5.91 Å². The van der Waals surface area contributed by atoms with Gasteiger partial charge in [-0.3, -0.25) is 9.78 Å². The maximum atomic E-state index is 12.7. The largest absolute Gasteiger partial charge is 0.335 e. The highest BCUT2D eigenvalue weighted by Gasteiger charge is 2.33. The van der Waals surface area contributed by atoms with Crippen LogP contribution in [0.15, 0.2) is 36.5 Å². The molecule has 2 aromatic rings. The number of amides is 1. The van der Waals surface area contributed by atoms with Gasteiger partial charge < -0.3 is 4.90 Å². The van der Waals surface area contributed by atoms with E-state index in [1.807, 2.05) is 35.2 Å². The Morgan fingerprint density at radius 2 is 2.20 bits per heavy atom. The predicted octanol–water partition coefficient (Wildman–Crippen LogP) is 2.75. The molecule has 20 heavy (non-hydrogen) atoms. The molecule has 0 bridgehead atoms. The predicted molar refractivity (Wildman–Crippen MR) is 76.0 cm³/mol. The minimum absolute atomic E-state index is 0.0151. The van der Waals surface area contributed by atoms with E-state index in [0.29, 0.717) is 24.6 Å². The quantitative estimate of drug-likeness (QED) is 0.854. The monoisotopic (exact) mass is 265 g/mol. The van der Waals surface area contributed by atoms with Crippen LogP contribution in [-0.2, 0) is 0 Å². The summed E-state index contributed by atoms with van der Waals surface area (Å²) in [5.41, 5.74) is 1.51. The van der Waals surface area contributed by atoms with E-state index in [1.54, 1.807) is 6.20 Å². The second-order valence-corrected chi connectivity index (χ2v) is 5.01. The molecule has 1 aliphatic carbocycles. The molecule has 0 aliphatic heterocycles. The molecular formula is C16H15N3O. The molecule has 1 aromatic heterocycles. The van der Waals surface area contributed by atoms with Crippen molar-refractivity contribution in [1.82, 2.24) is 9.88 Å². The Balaban J connectivity index is 1.96. The van der Waals surface area contributed by atoms with E-state index in [1.165, 1.54) is 0 Å². The van der Waals surface area contributed by atoms with Crippen molar-refractivity contribution in [1.29, 1.82) is 5.26 Å². The summed E-state index contributed by atoms with van der Waals surface area (Å²) in [6, 6.07) is 11.8. The van der Waals surface area contributed by atoms with Crippen LogP contribution in [-0.4, -0.2) is 28.4 Å². The van der Waals surface area contributed by atoms with Crippen molar-refractivity contribution in [3.05, 3.63) is 42.1 Å². The molecule has 0 spiro atoms. The van der Waals surface area contributed by atoms with E-state index >= 15 is 0 Å². The van der Waals surface area contributed by atoms with Crippen molar-refractivity contribution in [3.63, 3.8) is 0 Å². The molecule has 1 saturated carbocycles. The third-order valence-electron chi connectivity index (χ3n) is 3.59. The molecule has 0 atom stereocenters. The topological polar surface area (TPSA) is 57.0 Å². The summed E-state index contributed by atoms with van der Waals surface area (Å²) in [5.74, 6) is 0.0151. The zero-order valence-electron chi connectivity index (χ0n) is 11.1. The molecule has 100 valence electrons. The van der Waals surface area contributed by atoms with Crippen LogP contribution >= 0.6 is 0 Å². The van der Waals surface area contributed by atoms with Crippen LogP contribution in [0.25, 0.3) is 10.9 Å². The summed E-state index contributed by atoms with van der Waals surface area (Å²) in [7, 11) is 0. The van der Waals surface area contributed by atoms with Crippen LogP contribution in [0.4, 0.5) is 0 Å². The molecule has 3 rings (SSSR count). The van der Waals surface area contributed by atoms with Crippen molar-refractivity contribution < 1.29 is 4.79 Å². The van der Waals surface area contributed by atoms with E-state index in [2.05, 4.69) is 11.1 Å². The van der Waals surface area contributed by atoms with Gasteiger partial charge in [0.15, 0.2) is 0 Å². The van der Waals surface area contributed by atoms with Gasteiger partial charge >= 0.3 is 0 Å². The molecule has 1 aromatic carbocycles. The van der Waals surface area contributed by atoms with Gasteiger partial charge in [-0.1, -0.05) is 12.1 Å². The van der Waals surface area contributed by atoms with E-state index in [9.17, 15) is 4.79 Å². The number of rotatable bonds is 4. The summed E-state index contributed by atoms with van der Waals surface area (Å²) in [6.07, 6.45) is 4.19. The number of nitriles is 1. The maximum absolute atomic E-state index is 12.7. The number of benzene rings is 1. The van der Waals surface area contributed by atoms with Gasteiger partial charge in [0.1, 0.15) is 0 Å². The van der Waals surface area contributed by atoms with Crippen molar-refractivity contribution >= 4 is 16.8 Å². The molecule has 1 aliphatic rings. The molecular weight excluding hydrogens is 250 g/mol. The van der Waals surface area contributed by atoms with Gasteiger partial charge in [-0.2, -0.15) is 5.26 Å². The lowest BCUT2D eigenvalue weighted by molar-refractivity contribution is 0.0749. The van der Waals surface area contributed by atoms with Gasteiger partial charge in [-0.15, -0.1) is 0 Å². The fourth-order valence-corrected chi connectivity index (χ4v) is 2.45. The Labute approximate surface area is 117 Å². The van der Waals surface area contributed by atoms with Crippen molar-refractivity contribution in [2.24, 2.45) is 0 Å². The number of hydrogen-bond acceptors (Lipinski definition) is 3. The molecule has 1 heterocycles. The fraction of sp³-hybridized carbons (Fsp3) is 0.312. The summed E-state index contributed by atoms with van der Waals surface area (Å²) < 4.78 is 0.